The average Bonchev–Trinajstić information content (AvgIpc) is 2.40. The highest BCUT2D eigenvalue weighted by Crippen LogP contribution is 2.11. The van der Waals surface area contributed by atoms with Crippen LogP contribution in [-0.2, 0) is 22.7 Å². The van der Waals surface area contributed by atoms with Gasteiger partial charge in [-0.05, 0) is 17.5 Å². The van der Waals surface area contributed by atoms with E-state index in [-0.39, 0.29) is 5.91 Å². The first kappa shape index (κ1) is 13.1. The fourth-order valence-corrected chi connectivity index (χ4v) is 2.19. The van der Waals surface area contributed by atoms with Crippen LogP contribution in [0.1, 0.15) is 24.0 Å². The summed E-state index contributed by atoms with van der Waals surface area (Å²) in [6, 6.07) is 8.64. The van der Waals surface area contributed by atoms with E-state index in [1.165, 1.54) is 11.1 Å². The second-order valence-electron chi connectivity index (χ2n) is 4.62. The van der Waals surface area contributed by atoms with Gasteiger partial charge >= 0.3 is 0 Å². The first-order valence-corrected chi connectivity index (χ1v) is 6.35. The van der Waals surface area contributed by atoms with E-state index in [1.807, 2.05) is 12.1 Å². The summed E-state index contributed by atoms with van der Waals surface area (Å²) in [5.74, 6) is 0.160. The average molecular weight is 248 g/mol. The first-order chi connectivity index (χ1) is 8.79. The maximum atomic E-state index is 11.1. The Balaban J connectivity index is 1.87. The monoisotopic (exact) mass is 248 g/mol. The van der Waals surface area contributed by atoms with E-state index in [9.17, 15) is 4.79 Å². The number of rotatable bonds is 5. The Morgan fingerprint density at radius 2 is 2.17 bits per heavy atom. The lowest BCUT2D eigenvalue weighted by molar-refractivity contribution is -0.122. The van der Waals surface area contributed by atoms with Gasteiger partial charge in [-0.3, -0.25) is 4.79 Å². The molecule has 0 bridgehead atoms. The molecule has 0 spiro atoms. The highest BCUT2D eigenvalue weighted by Gasteiger charge is 2.17. The van der Waals surface area contributed by atoms with Crippen LogP contribution in [0.25, 0.3) is 0 Å². The number of hydrogen-bond acceptors (Lipinski definition) is 3. The van der Waals surface area contributed by atoms with E-state index in [1.54, 1.807) is 7.11 Å². The predicted molar refractivity (Wildman–Crippen MR) is 70.0 cm³/mol. The molecule has 1 aromatic carbocycles. The molecule has 0 aromatic heterocycles. The molecule has 18 heavy (non-hydrogen) atoms. The summed E-state index contributed by atoms with van der Waals surface area (Å²) in [4.78, 5) is 11.1. The van der Waals surface area contributed by atoms with Crippen LogP contribution >= 0.6 is 0 Å². The lowest BCUT2D eigenvalue weighted by Crippen LogP contribution is -2.45. The van der Waals surface area contributed by atoms with Gasteiger partial charge in [-0.25, -0.2) is 0 Å². The molecule has 1 heterocycles. The van der Waals surface area contributed by atoms with E-state index >= 15 is 0 Å². The van der Waals surface area contributed by atoms with Gasteiger partial charge < -0.3 is 15.4 Å². The summed E-state index contributed by atoms with van der Waals surface area (Å²) in [6.45, 7) is 2.19. The fraction of sp³-hybridized carbons (Fsp3) is 0.500. The molecule has 1 unspecified atom stereocenters. The van der Waals surface area contributed by atoms with Gasteiger partial charge in [0.15, 0.2) is 0 Å². The highest BCUT2D eigenvalue weighted by atomic mass is 16.5. The van der Waals surface area contributed by atoms with Gasteiger partial charge in [0.2, 0.25) is 5.91 Å². The van der Waals surface area contributed by atoms with Crippen LogP contribution in [0.5, 0.6) is 0 Å². The van der Waals surface area contributed by atoms with Gasteiger partial charge in [-0.15, -0.1) is 0 Å². The minimum Gasteiger partial charge on any atom is -0.380 e. The molecule has 1 atom stereocenters. The largest absolute Gasteiger partial charge is 0.380 e. The van der Waals surface area contributed by atoms with E-state index in [4.69, 9.17) is 4.74 Å². The van der Waals surface area contributed by atoms with Crippen LogP contribution in [0.4, 0.5) is 0 Å². The van der Waals surface area contributed by atoms with Crippen molar-refractivity contribution in [2.24, 2.45) is 0 Å². The molecule has 98 valence electrons. The number of carbonyl (C=O) groups excluding carboxylic acids is 1. The summed E-state index contributed by atoms with van der Waals surface area (Å²) in [5.41, 5.74) is 2.48. The van der Waals surface area contributed by atoms with Crippen molar-refractivity contribution in [1.29, 1.82) is 0 Å². The van der Waals surface area contributed by atoms with Crippen LogP contribution < -0.4 is 10.6 Å². The van der Waals surface area contributed by atoms with E-state index in [2.05, 4.69) is 22.8 Å². The number of nitrogens with one attached hydrogen (secondary N) is 2. The Labute approximate surface area is 108 Å². The molecule has 0 aliphatic carbocycles. The third-order valence-corrected chi connectivity index (χ3v) is 3.26. The molecule has 1 amide bonds. The summed E-state index contributed by atoms with van der Waals surface area (Å²) < 4.78 is 5.19. The van der Waals surface area contributed by atoms with Crippen molar-refractivity contribution in [3.63, 3.8) is 0 Å². The second-order valence-corrected chi connectivity index (χ2v) is 4.62. The molecular formula is C14H20N2O2. The van der Waals surface area contributed by atoms with Crippen LogP contribution in [0.2, 0.25) is 0 Å². The van der Waals surface area contributed by atoms with Crippen molar-refractivity contribution < 1.29 is 9.53 Å². The normalized spacial score (nSPS) is 19.6. The first-order valence-electron chi connectivity index (χ1n) is 6.35. The van der Waals surface area contributed by atoms with Crippen molar-refractivity contribution in [3.05, 3.63) is 35.4 Å². The Morgan fingerprint density at radius 1 is 1.39 bits per heavy atom. The molecule has 1 fully saturated rings. The van der Waals surface area contributed by atoms with Gasteiger partial charge in [0.1, 0.15) is 0 Å². The molecule has 1 saturated heterocycles. The quantitative estimate of drug-likeness (QED) is 0.823. The number of benzene rings is 1. The maximum absolute atomic E-state index is 11.1. The molecule has 2 N–H and O–H groups in total. The third-order valence-electron chi connectivity index (χ3n) is 3.26. The third kappa shape index (κ3) is 3.55. The topological polar surface area (TPSA) is 50.4 Å². The van der Waals surface area contributed by atoms with Crippen molar-refractivity contribution >= 4 is 5.91 Å². The Hall–Kier alpha value is -1.39. The molecular weight excluding hydrogens is 228 g/mol. The lowest BCUT2D eigenvalue weighted by Gasteiger charge is -2.24. The van der Waals surface area contributed by atoms with Gasteiger partial charge in [-0.2, -0.15) is 0 Å². The minimum atomic E-state index is 0.160. The minimum absolute atomic E-state index is 0.160. The standard InChI is InChI=1S/C14H20N2O2/c1-18-10-12-5-3-2-4-11(12)8-15-13-6-7-14(17)16-9-13/h2-5,13,15H,6-10H2,1H3,(H,16,17). The molecule has 0 radical (unpaired) electrons. The van der Waals surface area contributed by atoms with Crippen LogP contribution in [0.15, 0.2) is 24.3 Å². The van der Waals surface area contributed by atoms with Gasteiger partial charge in [0.05, 0.1) is 6.61 Å². The zero-order valence-corrected chi connectivity index (χ0v) is 10.7. The number of methoxy groups -OCH3 is 1. The van der Waals surface area contributed by atoms with E-state index < -0.39 is 0 Å². The smallest absolute Gasteiger partial charge is 0.220 e. The molecule has 4 heteroatoms. The molecule has 4 nitrogen and oxygen atoms in total. The predicted octanol–water partition coefficient (Wildman–Crippen LogP) is 1.20. The second kappa shape index (κ2) is 6.52. The SMILES string of the molecule is COCc1ccccc1CNC1CCC(=O)NC1. The van der Waals surface area contributed by atoms with Crippen LogP contribution in [-0.4, -0.2) is 25.6 Å². The lowest BCUT2D eigenvalue weighted by atomic mass is 10.0. The Kier molecular flexibility index (Phi) is 4.73. The number of amides is 1. The van der Waals surface area contributed by atoms with Gasteiger partial charge in [-0.1, -0.05) is 24.3 Å². The summed E-state index contributed by atoms with van der Waals surface area (Å²) in [6.07, 6.45) is 1.54. The molecule has 2 rings (SSSR count). The van der Waals surface area contributed by atoms with E-state index in [0.29, 0.717) is 19.1 Å². The summed E-state index contributed by atoms with van der Waals surface area (Å²) in [7, 11) is 1.71. The molecule has 0 saturated carbocycles. The zero-order valence-electron chi connectivity index (χ0n) is 10.7. The Bertz CT molecular complexity index is 397. The van der Waals surface area contributed by atoms with Crippen LogP contribution in [0.3, 0.4) is 0 Å². The maximum Gasteiger partial charge on any atom is 0.220 e. The van der Waals surface area contributed by atoms with Crippen LogP contribution in [0, 0.1) is 0 Å². The Morgan fingerprint density at radius 3 is 2.83 bits per heavy atom. The van der Waals surface area contributed by atoms with Crippen molar-refractivity contribution in [3.8, 4) is 0 Å². The zero-order chi connectivity index (χ0) is 12.8. The van der Waals surface area contributed by atoms with Crippen molar-refractivity contribution in [2.45, 2.75) is 32.0 Å². The summed E-state index contributed by atoms with van der Waals surface area (Å²) in [5, 5.41) is 6.37. The van der Waals surface area contributed by atoms with Crippen molar-refractivity contribution in [2.75, 3.05) is 13.7 Å². The number of ether oxygens (including phenoxy) is 1. The molecule has 1 aliphatic heterocycles. The molecule has 1 aromatic rings. The van der Waals surface area contributed by atoms with Crippen molar-refractivity contribution in [1.82, 2.24) is 10.6 Å². The number of piperidine rings is 1. The highest BCUT2D eigenvalue weighted by molar-refractivity contribution is 5.76. The van der Waals surface area contributed by atoms with E-state index in [0.717, 1.165) is 19.5 Å². The van der Waals surface area contributed by atoms with Gasteiger partial charge in [0, 0.05) is 32.7 Å². The molecule has 1 aliphatic rings. The summed E-state index contributed by atoms with van der Waals surface area (Å²) >= 11 is 0. The fourth-order valence-electron chi connectivity index (χ4n) is 2.19. The number of hydrogen-bond donors (Lipinski definition) is 2. The van der Waals surface area contributed by atoms with Gasteiger partial charge in [0.25, 0.3) is 0 Å². The number of carbonyl (C=O) groups is 1.